The molecule has 0 radical (unpaired) electrons. The van der Waals surface area contributed by atoms with E-state index in [9.17, 15) is 0 Å². The fraction of sp³-hybridized carbons (Fsp3) is 0.0800. The quantitative estimate of drug-likeness (QED) is 0.175. The molecule has 10 rings (SSSR count). The number of benzene rings is 8. The highest BCUT2D eigenvalue weighted by Crippen LogP contribution is 2.60. The zero-order valence-corrected chi connectivity index (χ0v) is 29.3. The molecule has 0 bridgehead atoms. The van der Waals surface area contributed by atoms with Gasteiger partial charge >= 0.3 is 0 Å². The Labute approximate surface area is 304 Å². The standard InChI is InChI=1S/C50H37NO/c1-33(2)37-27-16-28-40-41-29-17-31-45(49(41)52-48(37)40)51(36-22-10-5-11-23-36)46-32-44-47(39-25-13-12-24-38(39)46)42-26-14-15-30-43(42)50(44,34-18-6-3-7-19-34)35-20-8-4-9-21-35/h3-33H,1-2H3. The number of nitrogens with zero attached hydrogens (tertiary/aromatic N) is 1. The van der Waals surface area contributed by atoms with Gasteiger partial charge in [-0.2, -0.15) is 0 Å². The second kappa shape index (κ2) is 11.9. The summed E-state index contributed by atoms with van der Waals surface area (Å²) in [5.74, 6) is 0.337. The van der Waals surface area contributed by atoms with Crippen LogP contribution in [-0.4, -0.2) is 0 Å². The molecule has 0 atom stereocenters. The molecule has 9 aromatic rings. The minimum atomic E-state index is -0.535. The van der Waals surface area contributed by atoms with Crippen molar-refractivity contribution >= 4 is 49.8 Å². The molecule has 2 nitrogen and oxygen atoms in total. The van der Waals surface area contributed by atoms with Crippen molar-refractivity contribution < 1.29 is 4.42 Å². The van der Waals surface area contributed by atoms with Crippen LogP contribution in [0.15, 0.2) is 186 Å². The Bertz CT molecular complexity index is 2720. The lowest BCUT2D eigenvalue weighted by Crippen LogP contribution is -2.28. The molecule has 8 aromatic carbocycles. The van der Waals surface area contributed by atoms with E-state index in [2.05, 4.69) is 201 Å². The van der Waals surface area contributed by atoms with Crippen molar-refractivity contribution in [3.63, 3.8) is 0 Å². The molecule has 0 unspecified atom stereocenters. The summed E-state index contributed by atoms with van der Waals surface area (Å²) in [6, 6.07) is 66.4. The van der Waals surface area contributed by atoms with Crippen molar-refractivity contribution in [3.8, 4) is 11.1 Å². The van der Waals surface area contributed by atoms with Gasteiger partial charge in [-0.1, -0.05) is 172 Å². The molecule has 0 amide bonds. The highest BCUT2D eigenvalue weighted by Gasteiger charge is 2.47. The first-order valence-electron chi connectivity index (χ1n) is 18.2. The molecule has 0 spiro atoms. The van der Waals surface area contributed by atoms with E-state index in [1.54, 1.807) is 0 Å². The third-order valence-electron chi connectivity index (χ3n) is 11.1. The van der Waals surface area contributed by atoms with Crippen LogP contribution in [0.25, 0.3) is 43.8 Å². The Kier molecular flexibility index (Phi) is 6.94. The molecule has 0 aliphatic heterocycles. The second-order valence-corrected chi connectivity index (χ2v) is 14.2. The maximum Gasteiger partial charge on any atom is 0.159 e. The van der Waals surface area contributed by atoms with Crippen LogP contribution in [-0.2, 0) is 5.41 Å². The molecule has 0 fully saturated rings. The van der Waals surface area contributed by atoms with Crippen LogP contribution in [0.1, 0.15) is 47.6 Å². The number of hydrogen-bond acceptors (Lipinski definition) is 2. The minimum Gasteiger partial charge on any atom is -0.454 e. The van der Waals surface area contributed by atoms with Gasteiger partial charge in [0.2, 0.25) is 0 Å². The van der Waals surface area contributed by atoms with Gasteiger partial charge in [-0.15, -0.1) is 0 Å². The van der Waals surface area contributed by atoms with Crippen molar-refractivity contribution in [2.75, 3.05) is 4.90 Å². The minimum absolute atomic E-state index is 0.337. The summed E-state index contributed by atoms with van der Waals surface area (Å²) in [6.45, 7) is 4.47. The fourth-order valence-corrected chi connectivity index (χ4v) is 8.91. The van der Waals surface area contributed by atoms with E-state index in [0.29, 0.717) is 5.92 Å². The Morgan fingerprint density at radius 2 is 1.02 bits per heavy atom. The van der Waals surface area contributed by atoms with E-state index < -0.39 is 5.41 Å². The molecular formula is C50H37NO. The van der Waals surface area contributed by atoms with E-state index in [1.165, 1.54) is 49.7 Å². The third-order valence-corrected chi connectivity index (χ3v) is 11.1. The van der Waals surface area contributed by atoms with Crippen LogP contribution in [0.2, 0.25) is 0 Å². The largest absolute Gasteiger partial charge is 0.454 e. The van der Waals surface area contributed by atoms with Crippen LogP contribution in [0.3, 0.4) is 0 Å². The first-order chi connectivity index (χ1) is 25.7. The summed E-state index contributed by atoms with van der Waals surface area (Å²) in [7, 11) is 0. The van der Waals surface area contributed by atoms with Crippen molar-refractivity contribution in [3.05, 3.63) is 210 Å². The van der Waals surface area contributed by atoms with Gasteiger partial charge in [0.25, 0.3) is 0 Å². The average Bonchev–Trinajstić information content (AvgIpc) is 3.74. The number of rotatable bonds is 6. The molecular weight excluding hydrogens is 631 g/mol. The predicted molar refractivity (Wildman–Crippen MR) is 217 cm³/mol. The number of hydrogen-bond donors (Lipinski definition) is 0. The van der Waals surface area contributed by atoms with Gasteiger partial charge in [0.15, 0.2) is 5.58 Å². The molecule has 0 saturated heterocycles. The van der Waals surface area contributed by atoms with Gasteiger partial charge in [-0.3, -0.25) is 0 Å². The highest BCUT2D eigenvalue weighted by atomic mass is 16.3. The Balaban J connectivity index is 1.36. The molecule has 248 valence electrons. The van der Waals surface area contributed by atoms with E-state index in [4.69, 9.17) is 4.42 Å². The number of fused-ring (bicyclic) bond motifs is 8. The number of para-hydroxylation sites is 3. The van der Waals surface area contributed by atoms with Crippen molar-refractivity contribution in [1.29, 1.82) is 0 Å². The summed E-state index contributed by atoms with van der Waals surface area (Å²) in [4.78, 5) is 2.42. The number of furan rings is 1. The van der Waals surface area contributed by atoms with E-state index in [1.807, 2.05) is 0 Å². The van der Waals surface area contributed by atoms with Crippen LogP contribution >= 0.6 is 0 Å². The summed E-state index contributed by atoms with van der Waals surface area (Å²) >= 11 is 0. The van der Waals surface area contributed by atoms with Gasteiger partial charge in [0.1, 0.15) is 5.58 Å². The zero-order chi connectivity index (χ0) is 34.8. The summed E-state index contributed by atoms with van der Waals surface area (Å²) in [5.41, 5.74) is 13.4. The summed E-state index contributed by atoms with van der Waals surface area (Å²) < 4.78 is 6.99. The number of anilines is 3. The smallest absolute Gasteiger partial charge is 0.159 e. The van der Waals surface area contributed by atoms with Gasteiger partial charge in [0.05, 0.1) is 16.8 Å². The van der Waals surface area contributed by atoms with Crippen molar-refractivity contribution in [2.45, 2.75) is 25.2 Å². The molecule has 0 N–H and O–H groups in total. The summed E-state index contributed by atoms with van der Waals surface area (Å²) in [5, 5.41) is 4.69. The lowest BCUT2D eigenvalue weighted by Gasteiger charge is -2.35. The lowest BCUT2D eigenvalue weighted by atomic mass is 9.67. The maximum atomic E-state index is 6.99. The predicted octanol–water partition coefficient (Wildman–Crippen LogP) is 13.7. The summed E-state index contributed by atoms with van der Waals surface area (Å²) in [6.07, 6.45) is 0. The van der Waals surface area contributed by atoms with E-state index in [-0.39, 0.29) is 0 Å². The van der Waals surface area contributed by atoms with Gasteiger partial charge in [-0.05, 0) is 74.5 Å². The van der Waals surface area contributed by atoms with Crippen LogP contribution in [0.4, 0.5) is 17.1 Å². The second-order valence-electron chi connectivity index (χ2n) is 14.2. The first-order valence-corrected chi connectivity index (χ1v) is 18.2. The molecule has 1 aromatic heterocycles. The fourth-order valence-electron chi connectivity index (χ4n) is 8.91. The normalized spacial score (nSPS) is 13.1. The molecule has 1 heterocycles. The zero-order valence-electron chi connectivity index (χ0n) is 29.3. The van der Waals surface area contributed by atoms with Gasteiger partial charge in [0, 0.05) is 21.8 Å². The first kappa shape index (κ1) is 30.4. The molecule has 52 heavy (non-hydrogen) atoms. The Morgan fingerprint density at radius 3 is 1.71 bits per heavy atom. The monoisotopic (exact) mass is 667 g/mol. The van der Waals surface area contributed by atoms with Crippen molar-refractivity contribution in [2.24, 2.45) is 0 Å². The SMILES string of the molecule is CC(C)c1cccc2c1oc1c(N(c3ccccc3)c3cc4c(c5ccccc35)-c3ccccc3C4(c3ccccc3)c3ccccc3)cccc12. The molecule has 1 aliphatic rings. The lowest BCUT2D eigenvalue weighted by molar-refractivity contribution is 0.657. The highest BCUT2D eigenvalue weighted by molar-refractivity contribution is 6.15. The van der Waals surface area contributed by atoms with Gasteiger partial charge < -0.3 is 9.32 Å². The average molecular weight is 668 g/mol. The Hall–Kier alpha value is -6.38. The third kappa shape index (κ3) is 4.31. The maximum absolute atomic E-state index is 6.99. The van der Waals surface area contributed by atoms with Gasteiger partial charge in [-0.25, -0.2) is 0 Å². The molecule has 0 saturated carbocycles. The van der Waals surface area contributed by atoms with Crippen LogP contribution in [0.5, 0.6) is 0 Å². The van der Waals surface area contributed by atoms with Crippen molar-refractivity contribution in [1.82, 2.24) is 0 Å². The topological polar surface area (TPSA) is 16.4 Å². The molecule has 1 aliphatic carbocycles. The van der Waals surface area contributed by atoms with E-state index >= 15 is 0 Å². The van der Waals surface area contributed by atoms with E-state index in [0.717, 1.165) is 39.0 Å². The van der Waals surface area contributed by atoms with Crippen LogP contribution < -0.4 is 4.90 Å². The molecule has 2 heteroatoms. The van der Waals surface area contributed by atoms with Crippen LogP contribution in [0, 0.1) is 0 Å². The Morgan fingerprint density at radius 1 is 0.462 bits per heavy atom.